The highest BCUT2D eigenvalue weighted by Gasteiger charge is 2.57. The van der Waals surface area contributed by atoms with Crippen LogP contribution in [0.3, 0.4) is 0 Å². The first-order valence-corrected chi connectivity index (χ1v) is 3.69. The van der Waals surface area contributed by atoms with Crippen LogP contribution >= 0.6 is 0 Å². The van der Waals surface area contributed by atoms with Gasteiger partial charge in [0.15, 0.2) is 0 Å². The van der Waals surface area contributed by atoms with Gasteiger partial charge in [-0.2, -0.15) is 39.5 Å². The first kappa shape index (κ1) is 19.5. The van der Waals surface area contributed by atoms with Crippen LogP contribution in [0.25, 0.3) is 0 Å². The van der Waals surface area contributed by atoms with Crippen molar-refractivity contribution in [2.45, 2.75) is 37.5 Å². The summed E-state index contributed by atoms with van der Waals surface area (Å²) in [5.41, 5.74) is 0. The van der Waals surface area contributed by atoms with Crippen LogP contribution in [0.5, 0.6) is 0 Å². The van der Waals surface area contributed by atoms with E-state index in [9.17, 15) is 52.7 Å². The van der Waals surface area contributed by atoms with Gasteiger partial charge >= 0.3 is 18.5 Å². The third-order valence-corrected chi connectivity index (χ3v) is 0.961. The average molecular weight is 304 g/mol. The second-order valence-corrected chi connectivity index (χ2v) is 2.66. The molecule has 0 spiro atoms. The Morgan fingerprint density at radius 3 is 0.889 bits per heavy atom. The fourth-order valence-corrected chi connectivity index (χ4v) is 0.361. The van der Waals surface area contributed by atoms with Gasteiger partial charge in [0.05, 0.1) is 0 Å². The molecule has 0 saturated heterocycles. The van der Waals surface area contributed by atoms with Gasteiger partial charge in [-0.05, 0) is 0 Å². The predicted octanol–water partition coefficient (Wildman–Crippen LogP) is 4.65. The van der Waals surface area contributed by atoms with Crippen LogP contribution in [0.1, 0.15) is 6.42 Å². The summed E-state index contributed by atoms with van der Waals surface area (Å²) in [5.74, 6) is 0. The van der Waals surface area contributed by atoms with Gasteiger partial charge < -0.3 is 0 Å². The van der Waals surface area contributed by atoms with Crippen molar-refractivity contribution in [3.8, 4) is 0 Å². The summed E-state index contributed by atoms with van der Waals surface area (Å²) in [6.45, 7) is 0. The van der Waals surface area contributed by atoms with E-state index in [4.69, 9.17) is 0 Å². The molecule has 0 fully saturated rings. The van der Waals surface area contributed by atoms with E-state index in [2.05, 4.69) is 0 Å². The van der Waals surface area contributed by atoms with Crippen molar-refractivity contribution in [3.63, 3.8) is 0 Å². The standard InChI is InChI=1S/C3HF7.C3H3F5/c4-1(2(5,6)7)3(8,9)10;4-2(5)1-3(6,7)8/h1H;2H,1H2. The molecule has 0 saturated carbocycles. The molecule has 0 aliphatic rings. The smallest absolute Gasteiger partial charge is 0.227 e. The van der Waals surface area contributed by atoms with Crippen LogP contribution in [0.4, 0.5) is 52.7 Å². The fourth-order valence-electron chi connectivity index (χ4n) is 0.361. The van der Waals surface area contributed by atoms with E-state index >= 15 is 0 Å². The summed E-state index contributed by atoms with van der Waals surface area (Å²) >= 11 is 0. The Balaban J connectivity index is 0. The highest BCUT2D eigenvalue weighted by atomic mass is 19.4. The van der Waals surface area contributed by atoms with Crippen molar-refractivity contribution < 1.29 is 52.7 Å². The van der Waals surface area contributed by atoms with E-state index in [1.807, 2.05) is 0 Å². The number of hydrogen-bond donors (Lipinski definition) is 0. The van der Waals surface area contributed by atoms with Gasteiger partial charge in [-0.1, -0.05) is 0 Å². The molecular formula is C6H4F12. The lowest BCUT2D eigenvalue weighted by Gasteiger charge is -2.14. The lowest BCUT2D eigenvalue weighted by atomic mass is 10.4. The maximum Gasteiger partial charge on any atom is 0.428 e. The Labute approximate surface area is 91.6 Å². The van der Waals surface area contributed by atoms with Gasteiger partial charge in [0, 0.05) is 0 Å². The van der Waals surface area contributed by atoms with Gasteiger partial charge in [0.25, 0.3) is 6.17 Å². The van der Waals surface area contributed by atoms with Crippen LogP contribution in [-0.4, -0.2) is 31.1 Å². The second-order valence-electron chi connectivity index (χ2n) is 2.66. The molecule has 112 valence electrons. The lowest BCUT2D eigenvalue weighted by Crippen LogP contribution is -2.38. The van der Waals surface area contributed by atoms with Crippen molar-refractivity contribution in [2.24, 2.45) is 0 Å². The predicted molar refractivity (Wildman–Crippen MR) is 33.7 cm³/mol. The molecule has 0 atom stereocenters. The molecule has 0 aromatic rings. The monoisotopic (exact) mass is 304 g/mol. The van der Waals surface area contributed by atoms with E-state index in [0.717, 1.165) is 0 Å². The van der Waals surface area contributed by atoms with Gasteiger partial charge in [0.2, 0.25) is 6.43 Å². The quantitative estimate of drug-likeness (QED) is 0.618. The van der Waals surface area contributed by atoms with Gasteiger partial charge in [0.1, 0.15) is 6.42 Å². The molecule has 0 bridgehead atoms. The lowest BCUT2D eigenvalue weighted by molar-refractivity contribution is -0.285. The van der Waals surface area contributed by atoms with Crippen LogP contribution in [-0.2, 0) is 0 Å². The van der Waals surface area contributed by atoms with Crippen molar-refractivity contribution in [2.75, 3.05) is 0 Å². The number of hydrogen-bond acceptors (Lipinski definition) is 0. The zero-order valence-corrected chi connectivity index (χ0v) is 7.90. The van der Waals surface area contributed by atoms with Gasteiger partial charge in [-0.15, -0.1) is 0 Å². The van der Waals surface area contributed by atoms with Crippen LogP contribution in [0, 0.1) is 0 Å². The third kappa shape index (κ3) is 11.6. The first-order chi connectivity index (χ1) is 7.57. The molecule has 0 aromatic heterocycles. The zero-order chi connectivity index (χ0) is 15.4. The largest absolute Gasteiger partial charge is 0.428 e. The minimum atomic E-state index is -5.85. The Kier molecular flexibility index (Phi) is 6.89. The molecule has 0 N–H and O–H groups in total. The van der Waals surface area contributed by atoms with E-state index in [1.54, 1.807) is 0 Å². The Hall–Kier alpha value is -0.840. The molecule has 0 radical (unpaired) electrons. The van der Waals surface area contributed by atoms with Crippen LogP contribution in [0.15, 0.2) is 0 Å². The summed E-state index contributed by atoms with van der Waals surface area (Å²) in [5, 5.41) is 0. The van der Waals surface area contributed by atoms with E-state index < -0.39 is 37.5 Å². The van der Waals surface area contributed by atoms with Crippen LogP contribution in [0.2, 0.25) is 0 Å². The summed E-state index contributed by atoms with van der Waals surface area (Å²) in [6, 6.07) is 0. The number of alkyl halides is 12. The summed E-state index contributed by atoms with van der Waals surface area (Å²) in [7, 11) is 0. The fraction of sp³-hybridized carbons (Fsp3) is 1.00. The minimum absolute atomic E-state index is 2.01. The molecule has 0 rings (SSSR count). The second kappa shape index (κ2) is 6.36. The molecule has 12 heteroatoms. The van der Waals surface area contributed by atoms with Crippen molar-refractivity contribution in [3.05, 3.63) is 0 Å². The third-order valence-electron chi connectivity index (χ3n) is 0.961. The maximum absolute atomic E-state index is 11.2. The first-order valence-electron chi connectivity index (χ1n) is 3.69. The molecular weight excluding hydrogens is 300 g/mol. The summed E-state index contributed by atoms with van der Waals surface area (Å²) < 4.78 is 130. The summed E-state index contributed by atoms with van der Waals surface area (Å²) in [4.78, 5) is 0. The summed E-state index contributed by atoms with van der Waals surface area (Å²) in [6.07, 6.45) is -26.5. The highest BCUT2D eigenvalue weighted by Crippen LogP contribution is 2.35. The average Bonchev–Trinajstić information content (AvgIpc) is 1.95. The topological polar surface area (TPSA) is 0 Å². The SMILES string of the molecule is FC(C(F)(F)F)C(F)(F)F.FC(F)CC(F)(F)F. The Bertz CT molecular complexity index is 204. The Morgan fingerprint density at radius 1 is 0.611 bits per heavy atom. The minimum Gasteiger partial charge on any atom is -0.227 e. The maximum atomic E-state index is 11.2. The van der Waals surface area contributed by atoms with E-state index in [0.29, 0.717) is 0 Å². The van der Waals surface area contributed by atoms with Crippen LogP contribution < -0.4 is 0 Å². The van der Waals surface area contributed by atoms with Crippen molar-refractivity contribution >= 4 is 0 Å². The van der Waals surface area contributed by atoms with Crippen molar-refractivity contribution in [1.29, 1.82) is 0 Å². The molecule has 18 heavy (non-hydrogen) atoms. The van der Waals surface area contributed by atoms with Gasteiger partial charge in [-0.25, -0.2) is 13.2 Å². The number of rotatable bonds is 1. The molecule has 0 amide bonds. The van der Waals surface area contributed by atoms with E-state index in [1.165, 1.54) is 0 Å². The highest BCUT2D eigenvalue weighted by molar-refractivity contribution is 4.73. The Morgan fingerprint density at radius 2 is 0.889 bits per heavy atom. The molecule has 0 heterocycles. The molecule has 0 unspecified atom stereocenters. The molecule has 0 aliphatic heterocycles. The van der Waals surface area contributed by atoms with Crippen molar-refractivity contribution in [1.82, 2.24) is 0 Å². The van der Waals surface area contributed by atoms with E-state index in [-0.39, 0.29) is 0 Å². The molecule has 0 aliphatic carbocycles. The zero-order valence-electron chi connectivity index (χ0n) is 7.90. The molecule has 0 aromatic carbocycles. The van der Waals surface area contributed by atoms with Gasteiger partial charge in [-0.3, -0.25) is 0 Å². The number of halogens is 12. The normalized spacial score (nSPS) is 13.7. The molecule has 0 nitrogen and oxygen atoms in total.